The van der Waals surface area contributed by atoms with Crippen LogP contribution in [0.2, 0.25) is 0 Å². The molecule has 0 fully saturated rings. The zero-order valence-electron chi connectivity index (χ0n) is 8.33. The third-order valence-electron chi connectivity index (χ3n) is 1.94. The molecule has 0 aliphatic carbocycles. The summed E-state index contributed by atoms with van der Waals surface area (Å²) in [5.41, 5.74) is 1.21. The molecule has 0 amide bonds. The maximum Gasteiger partial charge on any atom is 0.182 e. The molecule has 2 nitrogen and oxygen atoms in total. The van der Waals surface area contributed by atoms with E-state index in [9.17, 15) is 0 Å². The zero-order chi connectivity index (χ0) is 9.14. The first-order chi connectivity index (χ1) is 5.61. The molecule has 0 saturated carbocycles. The second-order valence-corrected chi connectivity index (χ2v) is 4.37. The Bertz CT molecular complexity index is 301. The van der Waals surface area contributed by atoms with Crippen LogP contribution in [0.1, 0.15) is 26.0 Å². The SMILES string of the molecule is Br.Cc1csc(=N)n1CCC(C)C. The van der Waals surface area contributed by atoms with Crippen LogP contribution < -0.4 is 4.80 Å². The first-order valence-electron chi connectivity index (χ1n) is 4.30. The van der Waals surface area contributed by atoms with Gasteiger partial charge < -0.3 is 4.57 Å². The highest BCUT2D eigenvalue weighted by Crippen LogP contribution is 2.05. The molecule has 1 heterocycles. The Labute approximate surface area is 93.9 Å². The molecule has 0 aromatic carbocycles. The quantitative estimate of drug-likeness (QED) is 0.870. The number of nitrogens with one attached hydrogen (secondary N) is 1. The fraction of sp³-hybridized carbons (Fsp3) is 0.667. The largest absolute Gasteiger partial charge is 0.322 e. The lowest BCUT2D eigenvalue weighted by atomic mass is 10.1. The van der Waals surface area contributed by atoms with Crippen LogP contribution in [-0.2, 0) is 6.54 Å². The van der Waals surface area contributed by atoms with Gasteiger partial charge in [0.1, 0.15) is 0 Å². The normalized spacial score (nSPS) is 10.2. The van der Waals surface area contributed by atoms with Crippen molar-refractivity contribution in [2.75, 3.05) is 0 Å². The Morgan fingerprint density at radius 3 is 2.54 bits per heavy atom. The molecule has 0 unspecified atom stereocenters. The van der Waals surface area contributed by atoms with E-state index in [4.69, 9.17) is 5.41 Å². The van der Waals surface area contributed by atoms with Gasteiger partial charge in [0.25, 0.3) is 0 Å². The lowest BCUT2D eigenvalue weighted by Crippen LogP contribution is -2.15. The van der Waals surface area contributed by atoms with Crippen molar-refractivity contribution >= 4 is 28.3 Å². The van der Waals surface area contributed by atoms with Crippen molar-refractivity contribution in [2.45, 2.75) is 33.7 Å². The van der Waals surface area contributed by atoms with Gasteiger partial charge in [-0.1, -0.05) is 13.8 Å². The Kier molecular flexibility index (Phi) is 5.56. The summed E-state index contributed by atoms with van der Waals surface area (Å²) in [6.45, 7) is 7.48. The predicted molar refractivity (Wildman–Crippen MR) is 62.7 cm³/mol. The molecule has 0 radical (unpaired) electrons. The van der Waals surface area contributed by atoms with Crippen LogP contribution in [0.4, 0.5) is 0 Å². The third-order valence-corrected chi connectivity index (χ3v) is 2.84. The second-order valence-electron chi connectivity index (χ2n) is 3.52. The van der Waals surface area contributed by atoms with E-state index in [1.807, 2.05) is 5.38 Å². The Balaban J connectivity index is 0.00000144. The number of rotatable bonds is 3. The molecule has 76 valence electrons. The van der Waals surface area contributed by atoms with Gasteiger partial charge >= 0.3 is 0 Å². The summed E-state index contributed by atoms with van der Waals surface area (Å²) in [5, 5.41) is 9.66. The Hall–Kier alpha value is -0.0900. The number of aryl methyl sites for hydroxylation is 1. The third kappa shape index (κ3) is 3.65. The highest BCUT2D eigenvalue weighted by molar-refractivity contribution is 8.93. The highest BCUT2D eigenvalue weighted by Gasteiger charge is 2.00. The molecule has 0 aliphatic rings. The van der Waals surface area contributed by atoms with Crippen molar-refractivity contribution in [1.82, 2.24) is 4.57 Å². The zero-order valence-corrected chi connectivity index (χ0v) is 10.9. The van der Waals surface area contributed by atoms with Gasteiger partial charge in [-0.3, -0.25) is 5.41 Å². The molecule has 4 heteroatoms. The summed E-state index contributed by atoms with van der Waals surface area (Å²) < 4.78 is 2.07. The molecule has 1 aromatic rings. The van der Waals surface area contributed by atoms with Crippen LogP contribution >= 0.6 is 28.3 Å². The van der Waals surface area contributed by atoms with Crippen LogP contribution in [0.15, 0.2) is 5.38 Å². The van der Waals surface area contributed by atoms with Gasteiger partial charge in [-0.05, 0) is 19.3 Å². The molecule has 0 saturated heterocycles. The molecule has 0 bridgehead atoms. The number of aromatic nitrogens is 1. The lowest BCUT2D eigenvalue weighted by molar-refractivity contribution is 0.503. The second kappa shape index (κ2) is 5.60. The van der Waals surface area contributed by atoms with Gasteiger partial charge in [0, 0.05) is 17.6 Å². The summed E-state index contributed by atoms with van der Waals surface area (Å²) in [4.78, 5) is 0.674. The lowest BCUT2D eigenvalue weighted by Gasteiger charge is -2.07. The summed E-state index contributed by atoms with van der Waals surface area (Å²) in [6, 6.07) is 0. The molecule has 0 aliphatic heterocycles. The van der Waals surface area contributed by atoms with E-state index in [2.05, 4.69) is 25.3 Å². The summed E-state index contributed by atoms with van der Waals surface area (Å²) in [6.07, 6.45) is 1.16. The summed E-state index contributed by atoms with van der Waals surface area (Å²) in [7, 11) is 0. The van der Waals surface area contributed by atoms with E-state index in [1.165, 1.54) is 17.0 Å². The van der Waals surface area contributed by atoms with E-state index in [1.54, 1.807) is 0 Å². The maximum atomic E-state index is 7.62. The van der Waals surface area contributed by atoms with Crippen LogP contribution in [0.5, 0.6) is 0 Å². The van der Waals surface area contributed by atoms with Crippen LogP contribution in [-0.4, -0.2) is 4.57 Å². The minimum Gasteiger partial charge on any atom is -0.322 e. The van der Waals surface area contributed by atoms with Crippen LogP contribution in [0.3, 0.4) is 0 Å². The number of hydrogen-bond donors (Lipinski definition) is 1. The number of hydrogen-bond acceptors (Lipinski definition) is 2. The smallest absolute Gasteiger partial charge is 0.182 e. The highest BCUT2D eigenvalue weighted by atomic mass is 79.9. The molecule has 13 heavy (non-hydrogen) atoms. The summed E-state index contributed by atoms with van der Waals surface area (Å²) >= 11 is 1.51. The molecule has 1 aromatic heterocycles. The monoisotopic (exact) mass is 264 g/mol. The van der Waals surface area contributed by atoms with Crippen LogP contribution in [0.25, 0.3) is 0 Å². The number of nitrogens with zero attached hydrogens (tertiary/aromatic N) is 1. The van der Waals surface area contributed by atoms with Crippen LogP contribution in [0, 0.1) is 18.3 Å². The number of halogens is 1. The van der Waals surface area contributed by atoms with Gasteiger partial charge in [-0.2, -0.15) is 0 Å². The van der Waals surface area contributed by atoms with E-state index in [0.29, 0.717) is 4.80 Å². The predicted octanol–water partition coefficient (Wildman–Crippen LogP) is 2.96. The fourth-order valence-corrected chi connectivity index (χ4v) is 1.87. The minimum atomic E-state index is 0. The number of thiazole rings is 1. The maximum absolute atomic E-state index is 7.62. The first kappa shape index (κ1) is 12.9. The van der Waals surface area contributed by atoms with Gasteiger partial charge in [0.15, 0.2) is 4.80 Å². The van der Waals surface area contributed by atoms with Crippen molar-refractivity contribution < 1.29 is 0 Å². The average Bonchev–Trinajstić information content (AvgIpc) is 2.28. The Morgan fingerprint density at radius 2 is 2.15 bits per heavy atom. The van der Waals surface area contributed by atoms with Crippen molar-refractivity contribution in [3.63, 3.8) is 0 Å². The van der Waals surface area contributed by atoms with Gasteiger partial charge in [-0.25, -0.2) is 0 Å². The molecule has 0 atom stereocenters. The average molecular weight is 265 g/mol. The van der Waals surface area contributed by atoms with E-state index < -0.39 is 0 Å². The topological polar surface area (TPSA) is 28.8 Å². The van der Waals surface area contributed by atoms with E-state index >= 15 is 0 Å². The fourth-order valence-electron chi connectivity index (χ4n) is 1.09. The van der Waals surface area contributed by atoms with Gasteiger partial charge in [0.05, 0.1) is 0 Å². The van der Waals surface area contributed by atoms with Crippen molar-refractivity contribution in [3.8, 4) is 0 Å². The summed E-state index contributed by atoms with van der Waals surface area (Å²) in [5.74, 6) is 0.719. The van der Waals surface area contributed by atoms with Gasteiger partial charge in [-0.15, -0.1) is 28.3 Å². The molecule has 0 spiro atoms. The van der Waals surface area contributed by atoms with E-state index in [-0.39, 0.29) is 17.0 Å². The molecule has 1 rings (SSSR count). The van der Waals surface area contributed by atoms with Gasteiger partial charge in [0.2, 0.25) is 0 Å². The molecular weight excluding hydrogens is 248 g/mol. The molecular formula is C9H17BrN2S. The minimum absolute atomic E-state index is 0. The van der Waals surface area contributed by atoms with Crippen molar-refractivity contribution in [3.05, 3.63) is 15.9 Å². The van der Waals surface area contributed by atoms with Crippen molar-refractivity contribution in [1.29, 1.82) is 5.41 Å². The van der Waals surface area contributed by atoms with E-state index in [0.717, 1.165) is 18.9 Å². The molecule has 1 N–H and O–H groups in total. The first-order valence-corrected chi connectivity index (χ1v) is 5.18. The van der Waals surface area contributed by atoms with Crippen molar-refractivity contribution in [2.24, 2.45) is 5.92 Å². The standard InChI is InChI=1S/C9H16N2S.BrH/c1-7(2)4-5-11-8(3)6-12-9(11)10;/h6-7,10H,4-5H2,1-3H3;1H. The Morgan fingerprint density at radius 1 is 1.54 bits per heavy atom.